The van der Waals surface area contributed by atoms with Crippen LogP contribution in [0.25, 0.3) is 27.7 Å². The van der Waals surface area contributed by atoms with Crippen LogP contribution in [0.1, 0.15) is 11.3 Å². The number of hydrogen-bond donors (Lipinski definition) is 1. The Morgan fingerprint density at radius 1 is 1.12 bits per heavy atom. The van der Waals surface area contributed by atoms with Crippen LogP contribution in [-0.4, -0.2) is 30.7 Å². The number of carboxylic acids is 1. The first-order chi connectivity index (χ1) is 15.5. The Hall–Kier alpha value is -3.23. The quantitative estimate of drug-likeness (QED) is 0.305. The predicted octanol–water partition coefficient (Wildman–Crippen LogP) is 5.79. The van der Waals surface area contributed by atoms with Crippen LogP contribution in [0.2, 0.25) is 0 Å². The second kappa shape index (κ2) is 8.37. The van der Waals surface area contributed by atoms with Gasteiger partial charge in [0.05, 0.1) is 28.3 Å². The van der Waals surface area contributed by atoms with Crippen LogP contribution in [0.15, 0.2) is 81.4 Å². The van der Waals surface area contributed by atoms with Gasteiger partial charge in [-0.05, 0) is 52.7 Å². The zero-order chi connectivity index (χ0) is 22.2. The molecule has 32 heavy (non-hydrogen) atoms. The third-order valence-corrected chi connectivity index (χ3v) is 7.38. The molecule has 3 heterocycles. The maximum atomic E-state index is 10.9. The molecule has 0 bridgehead atoms. The summed E-state index contributed by atoms with van der Waals surface area (Å²) in [4.78, 5) is 21.4. The number of carboxylic acid groups (broad SMARTS) is 1. The Morgan fingerprint density at radius 2 is 1.91 bits per heavy atom. The van der Waals surface area contributed by atoms with Crippen molar-refractivity contribution < 1.29 is 9.90 Å². The van der Waals surface area contributed by atoms with Gasteiger partial charge in [-0.25, -0.2) is 9.50 Å². The zero-order valence-electron chi connectivity index (χ0n) is 17.0. The number of nitrogens with zero attached hydrogens (tertiary/aromatic N) is 4. The van der Waals surface area contributed by atoms with Gasteiger partial charge in [0.1, 0.15) is 5.03 Å². The van der Waals surface area contributed by atoms with Gasteiger partial charge in [0, 0.05) is 27.6 Å². The van der Waals surface area contributed by atoms with Crippen LogP contribution in [0.4, 0.5) is 0 Å². The fourth-order valence-corrected chi connectivity index (χ4v) is 4.90. The summed E-state index contributed by atoms with van der Waals surface area (Å²) in [5, 5.41) is 15.4. The predicted molar refractivity (Wildman–Crippen MR) is 128 cm³/mol. The van der Waals surface area contributed by atoms with E-state index in [2.05, 4.69) is 32.1 Å². The number of hydrogen-bond acceptors (Lipinski definition) is 5. The van der Waals surface area contributed by atoms with E-state index in [0.717, 1.165) is 53.3 Å². The summed E-state index contributed by atoms with van der Waals surface area (Å²) in [7, 11) is 0. The van der Waals surface area contributed by atoms with E-state index in [0.29, 0.717) is 0 Å². The molecule has 0 amide bonds. The minimum absolute atomic E-state index is 0.0108. The third-order valence-electron chi connectivity index (χ3n) is 5.17. The van der Waals surface area contributed by atoms with Crippen LogP contribution >= 0.6 is 27.7 Å². The minimum atomic E-state index is -0.840. The molecule has 0 unspecified atom stereocenters. The Kier molecular flexibility index (Phi) is 5.40. The fraction of sp³-hybridized carbons (Fsp3) is 0.0833. The lowest BCUT2D eigenvalue weighted by Crippen LogP contribution is -2.00. The summed E-state index contributed by atoms with van der Waals surface area (Å²) >= 11 is 5.19. The van der Waals surface area contributed by atoms with Gasteiger partial charge in [0.25, 0.3) is 0 Å². The number of rotatable bonds is 5. The van der Waals surface area contributed by atoms with E-state index in [9.17, 15) is 4.79 Å². The molecule has 0 atom stereocenters. The highest BCUT2D eigenvalue weighted by molar-refractivity contribution is 9.10. The molecule has 0 aliphatic rings. The summed E-state index contributed by atoms with van der Waals surface area (Å²) in [6.45, 7) is 1.99. The highest BCUT2D eigenvalue weighted by Crippen LogP contribution is 2.36. The minimum Gasteiger partial charge on any atom is -0.481 e. The monoisotopic (exact) mass is 504 g/mol. The Bertz CT molecular complexity index is 1480. The SMILES string of the molecule is Cc1c(Br)c(Sc2ccc(CC(=O)O)cc2)nc2c(-c3cnc4ccccc4c3)cnn12. The van der Waals surface area contributed by atoms with Crippen LogP contribution in [0.3, 0.4) is 0 Å². The molecule has 1 N–H and O–H groups in total. The number of benzene rings is 2. The van der Waals surface area contributed by atoms with E-state index in [-0.39, 0.29) is 6.42 Å². The molecule has 3 aromatic heterocycles. The highest BCUT2D eigenvalue weighted by Gasteiger charge is 2.17. The van der Waals surface area contributed by atoms with Gasteiger partial charge in [-0.3, -0.25) is 9.78 Å². The Balaban J connectivity index is 1.55. The number of pyridine rings is 1. The molecule has 0 aliphatic carbocycles. The van der Waals surface area contributed by atoms with Crippen molar-refractivity contribution in [2.75, 3.05) is 0 Å². The molecular weight excluding hydrogens is 488 g/mol. The van der Waals surface area contributed by atoms with Crippen molar-refractivity contribution in [3.05, 3.63) is 82.7 Å². The van der Waals surface area contributed by atoms with E-state index in [4.69, 9.17) is 10.1 Å². The molecule has 0 spiro atoms. The van der Waals surface area contributed by atoms with Crippen molar-refractivity contribution in [3.8, 4) is 11.1 Å². The molecule has 5 rings (SSSR count). The molecule has 0 fully saturated rings. The van der Waals surface area contributed by atoms with Crippen molar-refractivity contribution in [1.29, 1.82) is 0 Å². The van der Waals surface area contributed by atoms with Crippen LogP contribution in [0, 0.1) is 6.92 Å². The fourth-order valence-electron chi connectivity index (χ4n) is 3.54. The number of aliphatic carboxylic acids is 1. The molecule has 0 saturated heterocycles. The second-order valence-corrected chi connectivity index (χ2v) is 9.20. The summed E-state index contributed by atoms with van der Waals surface area (Å²) in [6, 6.07) is 17.6. The highest BCUT2D eigenvalue weighted by atomic mass is 79.9. The number of fused-ring (bicyclic) bond motifs is 2. The van der Waals surface area contributed by atoms with E-state index < -0.39 is 5.97 Å². The van der Waals surface area contributed by atoms with Crippen LogP contribution in [0.5, 0.6) is 0 Å². The van der Waals surface area contributed by atoms with Gasteiger partial charge in [-0.1, -0.05) is 42.1 Å². The topological polar surface area (TPSA) is 80.4 Å². The molecule has 5 aromatic rings. The van der Waals surface area contributed by atoms with Crippen LogP contribution < -0.4 is 0 Å². The first kappa shape index (κ1) is 20.7. The molecule has 158 valence electrons. The van der Waals surface area contributed by atoms with E-state index in [1.165, 1.54) is 11.8 Å². The average molecular weight is 505 g/mol. The van der Waals surface area contributed by atoms with E-state index in [1.54, 1.807) is 0 Å². The number of para-hydroxylation sites is 1. The largest absolute Gasteiger partial charge is 0.481 e. The lowest BCUT2D eigenvalue weighted by atomic mass is 10.1. The standard InChI is InChI=1S/C24H17BrN4O2S/c1-14-22(25)24(32-18-8-6-15(7-9-18)10-21(30)31)28-23-19(13-27-29(14)23)17-11-16-4-2-3-5-20(16)26-12-17/h2-9,11-13H,10H2,1H3,(H,30,31). The summed E-state index contributed by atoms with van der Waals surface area (Å²) in [5.74, 6) is -0.840. The smallest absolute Gasteiger partial charge is 0.307 e. The molecule has 6 nitrogen and oxygen atoms in total. The van der Waals surface area contributed by atoms with E-state index in [1.807, 2.05) is 72.4 Å². The number of carbonyl (C=O) groups is 1. The second-order valence-electron chi connectivity index (χ2n) is 7.34. The third kappa shape index (κ3) is 3.87. The lowest BCUT2D eigenvalue weighted by molar-refractivity contribution is -0.136. The van der Waals surface area contributed by atoms with Gasteiger partial charge in [0.15, 0.2) is 5.65 Å². The van der Waals surface area contributed by atoms with Crippen molar-refractivity contribution in [2.24, 2.45) is 0 Å². The molecule has 8 heteroatoms. The Morgan fingerprint density at radius 3 is 2.69 bits per heavy atom. The maximum absolute atomic E-state index is 10.9. The zero-order valence-corrected chi connectivity index (χ0v) is 19.4. The first-order valence-corrected chi connectivity index (χ1v) is 11.5. The van der Waals surface area contributed by atoms with Crippen molar-refractivity contribution in [3.63, 3.8) is 0 Å². The summed E-state index contributed by atoms with van der Waals surface area (Å²) in [6.07, 6.45) is 3.69. The van der Waals surface area contributed by atoms with Crippen molar-refractivity contribution >= 4 is 50.2 Å². The van der Waals surface area contributed by atoms with Gasteiger partial charge >= 0.3 is 5.97 Å². The summed E-state index contributed by atoms with van der Waals surface area (Å²) in [5.41, 5.74) is 5.29. The first-order valence-electron chi connectivity index (χ1n) is 9.87. The van der Waals surface area contributed by atoms with Crippen molar-refractivity contribution in [2.45, 2.75) is 23.3 Å². The normalized spacial score (nSPS) is 11.3. The van der Waals surface area contributed by atoms with Gasteiger partial charge in [-0.2, -0.15) is 5.10 Å². The van der Waals surface area contributed by atoms with E-state index >= 15 is 0 Å². The van der Waals surface area contributed by atoms with Gasteiger partial charge in [-0.15, -0.1) is 0 Å². The molecule has 0 saturated carbocycles. The van der Waals surface area contributed by atoms with Crippen molar-refractivity contribution in [1.82, 2.24) is 19.6 Å². The molecule has 0 radical (unpaired) electrons. The van der Waals surface area contributed by atoms with Crippen LogP contribution in [-0.2, 0) is 11.2 Å². The maximum Gasteiger partial charge on any atom is 0.307 e. The molecular formula is C24H17BrN4O2S. The number of halogens is 1. The molecule has 0 aliphatic heterocycles. The summed E-state index contributed by atoms with van der Waals surface area (Å²) < 4.78 is 2.70. The number of aryl methyl sites for hydroxylation is 1. The Labute approximate surface area is 196 Å². The van der Waals surface area contributed by atoms with Gasteiger partial charge in [0.2, 0.25) is 0 Å². The number of aromatic nitrogens is 4. The average Bonchev–Trinajstić information content (AvgIpc) is 3.22. The lowest BCUT2D eigenvalue weighted by Gasteiger charge is -2.10. The van der Waals surface area contributed by atoms with Gasteiger partial charge < -0.3 is 5.11 Å². The molecule has 2 aromatic carbocycles.